The van der Waals surface area contributed by atoms with Gasteiger partial charge in [-0.25, -0.2) is 8.42 Å². The van der Waals surface area contributed by atoms with Gasteiger partial charge in [0.15, 0.2) is 0 Å². The van der Waals surface area contributed by atoms with Gasteiger partial charge in [0.2, 0.25) is 0 Å². The van der Waals surface area contributed by atoms with E-state index in [0.29, 0.717) is 16.5 Å². The molecule has 0 amide bonds. The highest BCUT2D eigenvalue weighted by Gasteiger charge is 2.38. The third kappa shape index (κ3) is 3.58. The molecule has 1 aliphatic carbocycles. The van der Waals surface area contributed by atoms with Crippen molar-refractivity contribution in [2.24, 2.45) is 5.92 Å². The number of rotatable bonds is 4. The van der Waals surface area contributed by atoms with E-state index in [9.17, 15) is 8.42 Å². The van der Waals surface area contributed by atoms with Gasteiger partial charge in [-0.3, -0.25) is 4.31 Å². The highest BCUT2D eigenvalue weighted by Crippen LogP contribution is 2.50. The van der Waals surface area contributed by atoms with Gasteiger partial charge in [-0.15, -0.1) is 0 Å². The highest BCUT2D eigenvalue weighted by atomic mass is 79.9. The van der Waals surface area contributed by atoms with Crippen LogP contribution in [0.25, 0.3) is 0 Å². The summed E-state index contributed by atoms with van der Waals surface area (Å²) in [5, 5.41) is 3.68. The number of sulfonamides is 1. The van der Waals surface area contributed by atoms with Gasteiger partial charge in [-0.05, 0) is 65.9 Å². The second-order valence-electron chi connectivity index (χ2n) is 8.08. The second-order valence-corrected chi connectivity index (χ2v) is 11.0. The molecule has 0 saturated carbocycles. The maximum absolute atomic E-state index is 13.3. The summed E-state index contributed by atoms with van der Waals surface area (Å²) >= 11 is 3.51. The van der Waals surface area contributed by atoms with Crippen LogP contribution >= 0.6 is 15.9 Å². The molecule has 5 rings (SSSR count). The maximum Gasteiger partial charge on any atom is 0.264 e. The molecule has 0 radical (unpaired) electrons. The quantitative estimate of drug-likeness (QED) is 0.445. The summed E-state index contributed by atoms with van der Waals surface area (Å²) in [6, 6.07) is 23.3. The Bertz CT molecular complexity index is 1240. The first-order chi connectivity index (χ1) is 14.9. The summed E-state index contributed by atoms with van der Waals surface area (Å²) in [4.78, 5) is 0.320. The van der Waals surface area contributed by atoms with Crippen molar-refractivity contribution in [2.45, 2.75) is 23.3 Å². The zero-order chi connectivity index (χ0) is 21.6. The Morgan fingerprint density at radius 2 is 1.74 bits per heavy atom. The maximum atomic E-state index is 13.3. The number of halogens is 1. The van der Waals surface area contributed by atoms with E-state index in [2.05, 4.69) is 57.7 Å². The Morgan fingerprint density at radius 3 is 2.48 bits per heavy atom. The van der Waals surface area contributed by atoms with Crippen LogP contribution < -0.4 is 9.62 Å². The van der Waals surface area contributed by atoms with Crippen LogP contribution in [-0.2, 0) is 10.0 Å². The first kappa shape index (κ1) is 20.3. The van der Waals surface area contributed by atoms with E-state index >= 15 is 0 Å². The van der Waals surface area contributed by atoms with Gasteiger partial charge in [0.25, 0.3) is 10.0 Å². The third-order valence-corrected chi connectivity index (χ3v) is 8.65. The average Bonchev–Trinajstić information content (AvgIpc) is 3.29. The molecule has 0 fully saturated rings. The molecule has 1 N–H and O–H groups in total. The second kappa shape index (κ2) is 7.84. The van der Waals surface area contributed by atoms with Crippen LogP contribution in [0.2, 0.25) is 0 Å². The summed E-state index contributed by atoms with van der Waals surface area (Å²) < 4.78 is 29.0. The fourth-order valence-electron chi connectivity index (χ4n) is 4.67. The molecule has 6 heteroatoms. The summed E-state index contributed by atoms with van der Waals surface area (Å²) in [5.74, 6) is 0.556. The molecule has 0 saturated heterocycles. The van der Waals surface area contributed by atoms with E-state index in [1.165, 1.54) is 9.87 Å². The number of benzene rings is 3. The number of anilines is 2. The lowest BCUT2D eigenvalue weighted by Crippen LogP contribution is -2.30. The predicted octanol–water partition coefficient (Wildman–Crippen LogP) is 6.10. The molecule has 3 aromatic rings. The average molecular weight is 495 g/mol. The van der Waals surface area contributed by atoms with Crippen LogP contribution in [0.5, 0.6) is 0 Å². The number of hydrogen-bond acceptors (Lipinski definition) is 3. The minimum Gasteiger partial charge on any atom is -0.378 e. The van der Waals surface area contributed by atoms with Crippen molar-refractivity contribution in [3.8, 4) is 0 Å². The molecule has 1 heterocycles. The molecule has 0 bridgehead atoms. The van der Waals surface area contributed by atoms with Gasteiger partial charge < -0.3 is 5.32 Å². The van der Waals surface area contributed by atoms with E-state index in [1.807, 2.05) is 30.3 Å². The molecule has 3 aromatic carbocycles. The fraction of sp³-hybridized carbons (Fsp3) is 0.200. The van der Waals surface area contributed by atoms with Gasteiger partial charge in [-0.2, -0.15) is 0 Å². The van der Waals surface area contributed by atoms with Crippen molar-refractivity contribution in [3.05, 3.63) is 101 Å². The van der Waals surface area contributed by atoms with Crippen LogP contribution in [0, 0.1) is 5.92 Å². The van der Waals surface area contributed by atoms with Crippen molar-refractivity contribution in [1.82, 2.24) is 0 Å². The van der Waals surface area contributed by atoms with Gasteiger partial charge >= 0.3 is 0 Å². The number of nitrogens with zero attached hydrogens (tertiary/aromatic N) is 1. The predicted molar refractivity (Wildman–Crippen MR) is 129 cm³/mol. The zero-order valence-electron chi connectivity index (χ0n) is 17.1. The van der Waals surface area contributed by atoms with E-state index in [4.69, 9.17) is 0 Å². The number of allylic oxidation sites excluding steroid dienone is 2. The Labute approximate surface area is 191 Å². The minimum atomic E-state index is -3.65. The fourth-order valence-corrected chi connectivity index (χ4v) is 6.16. The SMILES string of the molecule is CN(c1ccccc1)S(=O)(=O)c1ccc2c(c1)C1C=CCC1C(c1ccc(Br)cc1)N2. The van der Waals surface area contributed by atoms with Crippen molar-refractivity contribution in [1.29, 1.82) is 0 Å². The number of fused-ring (bicyclic) bond motifs is 3. The van der Waals surface area contributed by atoms with Crippen LogP contribution in [0.3, 0.4) is 0 Å². The largest absolute Gasteiger partial charge is 0.378 e. The molecule has 2 aliphatic rings. The van der Waals surface area contributed by atoms with E-state index in [0.717, 1.165) is 22.1 Å². The van der Waals surface area contributed by atoms with Gasteiger partial charge in [0, 0.05) is 23.1 Å². The van der Waals surface area contributed by atoms with Gasteiger partial charge in [0.1, 0.15) is 0 Å². The summed E-state index contributed by atoms with van der Waals surface area (Å²) in [6.07, 6.45) is 5.42. The molecule has 0 spiro atoms. The number of para-hydroxylation sites is 1. The topological polar surface area (TPSA) is 49.4 Å². The summed E-state index contributed by atoms with van der Waals surface area (Å²) in [7, 11) is -2.05. The molecule has 31 heavy (non-hydrogen) atoms. The molecule has 158 valence electrons. The van der Waals surface area contributed by atoms with Gasteiger partial charge in [0.05, 0.1) is 16.6 Å². The summed E-state index contributed by atoms with van der Waals surface area (Å²) in [6.45, 7) is 0. The van der Waals surface area contributed by atoms with E-state index < -0.39 is 10.0 Å². The van der Waals surface area contributed by atoms with Crippen molar-refractivity contribution < 1.29 is 8.42 Å². The molecule has 1 aliphatic heterocycles. The molecular formula is C25H23BrN2O2S. The van der Waals surface area contributed by atoms with Crippen LogP contribution in [0.4, 0.5) is 11.4 Å². The lowest BCUT2D eigenvalue weighted by atomic mass is 9.77. The third-order valence-electron chi connectivity index (χ3n) is 6.34. The molecular weight excluding hydrogens is 472 g/mol. The normalized spacial score (nSPS) is 21.8. The van der Waals surface area contributed by atoms with Gasteiger partial charge in [-0.1, -0.05) is 58.4 Å². The van der Waals surface area contributed by atoms with Crippen LogP contribution in [-0.4, -0.2) is 15.5 Å². The highest BCUT2D eigenvalue weighted by molar-refractivity contribution is 9.10. The van der Waals surface area contributed by atoms with E-state index in [1.54, 1.807) is 25.2 Å². The molecule has 3 unspecified atom stereocenters. The lowest BCUT2D eigenvalue weighted by molar-refractivity contribution is 0.425. The Morgan fingerprint density at radius 1 is 1.00 bits per heavy atom. The number of nitrogens with one attached hydrogen (secondary N) is 1. The summed E-state index contributed by atoms with van der Waals surface area (Å²) in [5.41, 5.74) is 3.94. The Hall–Kier alpha value is -2.57. The zero-order valence-corrected chi connectivity index (χ0v) is 19.5. The number of hydrogen-bond donors (Lipinski definition) is 1. The monoisotopic (exact) mass is 494 g/mol. The molecule has 4 nitrogen and oxygen atoms in total. The van der Waals surface area contributed by atoms with Crippen LogP contribution in [0.1, 0.15) is 29.5 Å². The van der Waals surface area contributed by atoms with Crippen molar-refractivity contribution >= 4 is 37.3 Å². The van der Waals surface area contributed by atoms with E-state index in [-0.39, 0.29) is 12.0 Å². The Balaban J connectivity index is 1.52. The van der Waals surface area contributed by atoms with Crippen molar-refractivity contribution in [3.63, 3.8) is 0 Å². The first-order valence-corrected chi connectivity index (χ1v) is 12.5. The van der Waals surface area contributed by atoms with Crippen molar-refractivity contribution in [2.75, 3.05) is 16.7 Å². The molecule has 3 atom stereocenters. The lowest BCUT2D eigenvalue weighted by Gasteiger charge is -2.38. The minimum absolute atomic E-state index is 0.190. The Kier molecular flexibility index (Phi) is 5.15. The van der Waals surface area contributed by atoms with Crippen LogP contribution in [0.15, 0.2) is 94.3 Å². The standard InChI is InChI=1S/C25H23BrN2O2S/c1-28(19-6-3-2-4-7-19)31(29,30)20-14-15-24-23(16-20)21-8-5-9-22(21)25(27-24)17-10-12-18(26)13-11-17/h2-8,10-16,21-22,25,27H,9H2,1H3. The molecule has 0 aromatic heterocycles. The first-order valence-electron chi connectivity index (χ1n) is 10.3. The smallest absolute Gasteiger partial charge is 0.264 e.